The molecule has 2 aliphatic rings. The van der Waals surface area contributed by atoms with E-state index in [4.69, 9.17) is 0 Å². The number of aliphatic hydroxyl groups is 1. The van der Waals surface area contributed by atoms with Crippen molar-refractivity contribution < 1.29 is 5.11 Å². The van der Waals surface area contributed by atoms with Crippen molar-refractivity contribution in [2.45, 2.75) is 46.1 Å². The quantitative estimate of drug-likeness (QED) is 0.589. The Balaban J connectivity index is 2.01. The van der Waals surface area contributed by atoms with E-state index in [1.54, 1.807) is 0 Å². The fourth-order valence-corrected chi connectivity index (χ4v) is 2.65. The first-order chi connectivity index (χ1) is 5.48. The summed E-state index contributed by atoms with van der Waals surface area (Å²) in [5, 5.41) is 9.75. The van der Waals surface area contributed by atoms with Crippen LogP contribution < -0.4 is 0 Å². The van der Waals surface area contributed by atoms with Crippen LogP contribution in [0, 0.1) is 23.2 Å². The standard InChI is InChI=1S/C11H20O/c1-11(2,3)8-4-7-5-9(7)10(12)6-8/h7-10,12H,4-6H2,1-3H3. The van der Waals surface area contributed by atoms with Gasteiger partial charge in [-0.15, -0.1) is 0 Å². The molecule has 2 rings (SSSR count). The van der Waals surface area contributed by atoms with Crippen molar-refractivity contribution in [1.29, 1.82) is 0 Å². The molecule has 1 nitrogen and oxygen atoms in total. The van der Waals surface area contributed by atoms with Crippen molar-refractivity contribution in [1.82, 2.24) is 0 Å². The van der Waals surface area contributed by atoms with Crippen LogP contribution in [0.15, 0.2) is 0 Å². The lowest BCUT2D eigenvalue weighted by Crippen LogP contribution is -2.30. The van der Waals surface area contributed by atoms with Crippen molar-refractivity contribution in [2.24, 2.45) is 23.2 Å². The summed E-state index contributed by atoms with van der Waals surface area (Å²) in [6.07, 6.45) is 3.73. The minimum atomic E-state index is 0.0213. The topological polar surface area (TPSA) is 20.2 Å². The molecular formula is C11H20O. The maximum Gasteiger partial charge on any atom is 0.0574 e. The summed E-state index contributed by atoms with van der Waals surface area (Å²) in [5.41, 5.74) is 0.397. The molecule has 2 saturated carbocycles. The van der Waals surface area contributed by atoms with E-state index in [0.717, 1.165) is 18.3 Å². The number of fused-ring (bicyclic) bond motifs is 1. The fourth-order valence-electron chi connectivity index (χ4n) is 2.65. The molecule has 70 valence electrons. The van der Waals surface area contributed by atoms with Crippen LogP contribution in [0.5, 0.6) is 0 Å². The van der Waals surface area contributed by atoms with E-state index in [-0.39, 0.29) is 6.10 Å². The van der Waals surface area contributed by atoms with Crippen LogP contribution in [-0.4, -0.2) is 11.2 Å². The molecule has 2 fully saturated rings. The van der Waals surface area contributed by atoms with Gasteiger partial charge >= 0.3 is 0 Å². The van der Waals surface area contributed by atoms with Crippen molar-refractivity contribution in [3.05, 3.63) is 0 Å². The SMILES string of the molecule is CC(C)(C)C1CC(O)C2CC2C1. The normalized spacial score (nSPS) is 47.0. The number of hydrogen-bond donors (Lipinski definition) is 1. The maximum atomic E-state index is 9.75. The highest BCUT2D eigenvalue weighted by Gasteiger charge is 2.49. The van der Waals surface area contributed by atoms with Gasteiger partial charge < -0.3 is 5.11 Å². The van der Waals surface area contributed by atoms with Gasteiger partial charge in [0.2, 0.25) is 0 Å². The molecule has 0 spiro atoms. The summed E-state index contributed by atoms with van der Waals surface area (Å²) >= 11 is 0. The fraction of sp³-hybridized carbons (Fsp3) is 1.00. The van der Waals surface area contributed by atoms with Crippen molar-refractivity contribution in [3.63, 3.8) is 0 Å². The zero-order valence-corrected chi connectivity index (χ0v) is 8.38. The van der Waals surface area contributed by atoms with Gasteiger partial charge in [0.1, 0.15) is 0 Å². The zero-order chi connectivity index (χ0) is 8.93. The third kappa shape index (κ3) is 1.39. The Morgan fingerprint density at radius 3 is 2.25 bits per heavy atom. The molecule has 0 heterocycles. The summed E-state index contributed by atoms with van der Waals surface area (Å²) in [7, 11) is 0. The molecule has 1 heteroatoms. The summed E-state index contributed by atoms with van der Waals surface area (Å²) in [6, 6.07) is 0. The Hall–Kier alpha value is -0.0400. The lowest BCUT2D eigenvalue weighted by molar-refractivity contribution is 0.0495. The molecule has 2 aliphatic carbocycles. The van der Waals surface area contributed by atoms with Gasteiger partial charge in [-0.25, -0.2) is 0 Å². The van der Waals surface area contributed by atoms with Gasteiger partial charge in [0.15, 0.2) is 0 Å². The van der Waals surface area contributed by atoms with Crippen LogP contribution in [0.1, 0.15) is 40.0 Å². The summed E-state index contributed by atoms with van der Waals surface area (Å²) in [4.78, 5) is 0. The third-order valence-corrected chi connectivity index (χ3v) is 3.81. The molecule has 4 atom stereocenters. The highest BCUT2D eigenvalue weighted by Crippen LogP contribution is 2.54. The molecule has 0 aromatic rings. The van der Waals surface area contributed by atoms with Gasteiger partial charge in [0, 0.05) is 0 Å². The summed E-state index contributed by atoms with van der Waals surface area (Å²) in [5.74, 6) is 2.30. The Bertz CT molecular complexity index is 180. The Kier molecular flexibility index (Phi) is 1.76. The Morgan fingerprint density at radius 2 is 1.75 bits per heavy atom. The van der Waals surface area contributed by atoms with Gasteiger partial charge in [-0.05, 0) is 42.4 Å². The second-order valence-electron chi connectivity index (χ2n) is 5.76. The van der Waals surface area contributed by atoms with Crippen molar-refractivity contribution >= 4 is 0 Å². The van der Waals surface area contributed by atoms with Crippen molar-refractivity contribution in [3.8, 4) is 0 Å². The monoisotopic (exact) mass is 168 g/mol. The first-order valence-electron chi connectivity index (χ1n) is 5.16. The predicted molar refractivity (Wildman–Crippen MR) is 49.8 cm³/mol. The molecule has 0 bridgehead atoms. The lowest BCUT2D eigenvalue weighted by Gasteiger charge is -2.35. The molecule has 1 N–H and O–H groups in total. The van der Waals surface area contributed by atoms with Gasteiger partial charge in [0.05, 0.1) is 6.10 Å². The Labute approximate surface area is 75.2 Å². The molecule has 4 unspecified atom stereocenters. The third-order valence-electron chi connectivity index (χ3n) is 3.81. The highest BCUT2D eigenvalue weighted by molar-refractivity contribution is 4.99. The molecule has 0 radical (unpaired) electrons. The van der Waals surface area contributed by atoms with Gasteiger partial charge in [-0.3, -0.25) is 0 Å². The van der Waals surface area contributed by atoms with E-state index >= 15 is 0 Å². The lowest BCUT2D eigenvalue weighted by atomic mass is 9.72. The van der Waals surface area contributed by atoms with Gasteiger partial charge in [0.25, 0.3) is 0 Å². The van der Waals surface area contributed by atoms with E-state index in [9.17, 15) is 5.11 Å². The minimum absolute atomic E-state index is 0.0213. The van der Waals surface area contributed by atoms with Crippen LogP contribution in [0.3, 0.4) is 0 Å². The maximum absolute atomic E-state index is 9.75. The zero-order valence-electron chi connectivity index (χ0n) is 8.38. The van der Waals surface area contributed by atoms with Gasteiger partial charge in [-0.1, -0.05) is 20.8 Å². The summed E-state index contributed by atoms with van der Waals surface area (Å²) < 4.78 is 0. The van der Waals surface area contributed by atoms with Crippen LogP contribution in [0.25, 0.3) is 0 Å². The molecule has 0 amide bonds. The highest BCUT2D eigenvalue weighted by atomic mass is 16.3. The Morgan fingerprint density at radius 1 is 1.08 bits per heavy atom. The van der Waals surface area contributed by atoms with Crippen LogP contribution in [0.4, 0.5) is 0 Å². The van der Waals surface area contributed by atoms with Crippen molar-refractivity contribution in [2.75, 3.05) is 0 Å². The number of hydrogen-bond acceptors (Lipinski definition) is 1. The van der Waals surface area contributed by atoms with E-state index in [0.29, 0.717) is 11.3 Å². The number of rotatable bonds is 0. The van der Waals surface area contributed by atoms with E-state index in [1.165, 1.54) is 12.8 Å². The first-order valence-corrected chi connectivity index (χ1v) is 5.16. The molecule has 0 aliphatic heterocycles. The van der Waals surface area contributed by atoms with Crippen LogP contribution in [0.2, 0.25) is 0 Å². The second-order valence-corrected chi connectivity index (χ2v) is 5.76. The first kappa shape index (κ1) is 8.55. The minimum Gasteiger partial charge on any atom is -0.393 e. The summed E-state index contributed by atoms with van der Waals surface area (Å²) in [6.45, 7) is 6.90. The molecule has 12 heavy (non-hydrogen) atoms. The smallest absolute Gasteiger partial charge is 0.0574 e. The molecular weight excluding hydrogens is 148 g/mol. The van der Waals surface area contributed by atoms with Gasteiger partial charge in [-0.2, -0.15) is 0 Å². The largest absolute Gasteiger partial charge is 0.393 e. The van der Waals surface area contributed by atoms with E-state index in [1.807, 2.05) is 0 Å². The average molecular weight is 168 g/mol. The van der Waals surface area contributed by atoms with Crippen LogP contribution >= 0.6 is 0 Å². The predicted octanol–water partition coefficient (Wildman–Crippen LogP) is 2.44. The second kappa shape index (κ2) is 2.47. The van der Waals surface area contributed by atoms with Crippen LogP contribution in [-0.2, 0) is 0 Å². The molecule has 0 aromatic heterocycles. The van der Waals surface area contributed by atoms with E-state index < -0.39 is 0 Å². The number of aliphatic hydroxyl groups excluding tert-OH is 1. The average Bonchev–Trinajstić information content (AvgIpc) is 2.63. The molecule has 0 saturated heterocycles. The van der Waals surface area contributed by atoms with E-state index in [2.05, 4.69) is 20.8 Å². The molecule has 0 aromatic carbocycles.